The topological polar surface area (TPSA) is 43.6 Å². The third-order valence-corrected chi connectivity index (χ3v) is 2.92. The van der Waals surface area contributed by atoms with Crippen LogP contribution in [-0.2, 0) is 6.54 Å². The van der Waals surface area contributed by atoms with Crippen LogP contribution in [0.2, 0.25) is 5.15 Å². The maximum Gasteiger partial charge on any atom is 0.161 e. The second-order valence-electron chi connectivity index (χ2n) is 3.98. The van der Waals surface area contributed by atoms with Crippen LogP contribution in [0.3, 0.4) is 0 Å². The molecule has 0 aliphatic carbocycles. The normalized spacial score (nSPS) is 10.8. The van der Waals surface area contributed by atoms with E-state index in [9.17, 15) is 0 Å². The second-order valence-corrected chi connectivity index (χ2v) is 4.34. The summed E-state index contributed by atoms with van der Waals surface area (Å²) in [6, 6.07) is 0. The van der Waals surface area contributed by atoms with Gasteiger partial charge < -0.3 is 4.57 Å². The highest BCUT2D eigenvalue weighted by atomic mass is 35.5. The first-order valence-electron chi connectivity index (χ1n) is 5.65. The van der Waals surface area contributed by atoms with Gasteiger partial charge in [-0.15, -0.1) is 0 Å². The Morgan fingerprint density at radius 1 is 1.24 bits per heavy atom. The van der Waals surface area contributed by atoms with E-state index >= 15 is 0 Å². The molecule has 0 N–H and O–H groups in total. The van der Waals surface area contributed by atoms with Gasteiger partial charge in [0.2, 0.25) is 0 Å². The number of aromatic nitrogens is 4. The van der Waals surface area contributed by atoms with Crippen molar-refractivity contribution in [2.75, 3.05) is 0 Å². The van der Waals surface area contributed by atoms with Gasteiger partial charge in [0.25, 0.3) is 0 Å². The molecule has 0 atom stereocenters. The summed E-state index contributed by atoms with van der Waals surface area (Å²) < 4.78 is 2.05. The molecular weight excluding hydrogens is 236 g/mol. The fraction of sp³-hybridized carbons (Fsp3) is 0.417. The van der Waals surface area contributed by atoms with Gasteiger partial charge in [-0.05, 0) is 20.3 Å². The van der Waals surface area contributed by atoms with Crippen molar-refractivity contribution in [2.45, 2.75) is 33.7 Å². The predicted molar refractivity (Wildman–Crippen MR) is 68.0 cm³/mol. The van der Waals surface area contributed by atoms with E-state index in [2.05, 4.69) is 21.9 Å². The fourth-order valence-electron chi connectivity index (χ4n) is 1.67. The van der Waals surface area contributed by atoms with Crippen molar-refractivity contribution >= 4 is 11.6 Å². The van der Waals surface area contributed by atoms with Crippen LogP contribution in [0, 0.1) is 13.8 Å². The van der Waals surface area contributed by atoms with Crippen molar-refractivity contribution in [1.29, 1.82) is 0 Å². The fourth-order valence-corrected chi connectivity index (χ4v) is 1.92. The summed E-state index contributed by atoms with van der Waals surface area (Å²) in [7, 11) is 0. The number of halogens is 1. The molecule has 0 saturated carbocycles. The zero-order valence-electron chi connectivity index (χ0n) is 10.2. The molecule has 0 saturated heterocycles. The van der Waals surface area contributed by atoms with E-state index in [0.717, 1.165) is 30.2 Å². The van der Waals surface area contributed by atoms with E-state index in [0.29, 0.717) is 10.8 Å². The standard InChI is InChI=1S/C12H15ClN4/c1-4-6-17-7-5-14-12(17)10-11(13)16-9(3)8(2)15-10/h5,7H,4,6H2,1-3H3. The van der Waals surface area contributed by atoms with Gasteiger partial charge in [-0.3, -0.25) is 0 Å². The van der Waals surface area contributed by atoms with Crippen molar-refractivity contribution in [2.24, 2.45) is 0 Å². The summed E-state index contributed by atoms with van der Waals surface area (Å²) in [6.45, 7) is 6.85. The van der Waals surface area contributed by atoms with Crippen molar-refractivity contribution in [1.82, 2.24) is 19.5 Å². The summed E-state index contributed by atoms with van der Waals surface area (Å²) in [4.78, 5) is 13.1. The van der Waals surface area contributed by atoms with Crippen LogP contribution >= 0.6 is 11.6 Å². The lowest BCUT2D eigenvalue weighted by Gasteiger charge is -2.08. The molecule has 0 radical (unpaired) electrons. The number of hydrogen-bond donors (Lipinski definition) is 0. The van der Waals surface area contributed by atoms with Crippen molar-refractivity contribution in [3.05, 3.63) is 28.9 Å². The van der Waals surface area contributed by atoms with E-state index in [4.69, 9.17) is 11.6 Å². The molecule has 2 aromatic heterocycles. The molecule has 0 aliphatic heterocycles. The average molecular weight is 251 g/mol. The van der Waals surface area contributed by atoms with E-state index in [1.54, 1.807) is 6.20 Å². The van der Waals surface area contributed by atoms with Crippen LogP contribution in [-0.4, -0.2) is 19.5 Å². The van der Waals surface area contributed by atoms with E-state index in [1.807, 2.05) is 24.6 Å². The smallest absolute Gasteiger partial charge is 0.161 e. The lowest BCUT2D eigenvalue weighted by molar-refractivity contribution is 0.683. The summed E-state index contributed by atoms with van der Waals surface area (Å²) >= 11 is 6.14. The molecule has 0 aliphatic rings. The van der Waals surface area contributed by atoms with E-state index < -0.39 is 0 Å². The minimum Gasteiger partial charge on any atom is -0.330 e. The first kappa shape index (κ1) is 12.0. The SMILES string of the molecule is CCCn1ccnc1-c1nc(C)c(C)nc1Cl. The summed E-state index contributed by atoms with van der Waals surface area (Å²) in [5.41, 5.74) is 2.40. The molecule has 90 valence electrons. The lowest BCUT2D eigenvalue weighted by atomic mass is 10.3. The first-order valence-corrected chi connectivity index (χ1v) is 6.03. The summed E-state index contributed by atoms with van der Waals surface area (Å²) in [6.07, 6.45) is 4.74. The molecule has 2 rings (SSSR count). The van der Waals surface area contributed by atoms with E-state index in [1.165, 1.54) is 0 Å². The minimum absolute atomic E-state index is 0.414. The number of nitrogens with zero attached hydrogens (tertiary/aromatic N) is 4. The van der Waals surface area contributed by atoms with Gasteiger partial charge in [-0.2, -0.15) is 0 Å². The largest absolute Gasteiger partial charge is 0.330 e. The van der Waals surface area contributed by atoms with Crippen LogP contribution < -0.4 is 0 Å². The maximum atomic E-state index is 6.14. The van der Waals surface area contributed by atoms with Crippen molar-refractivity contribution in [3.63, 3.8) is 0 Å². The molecule has 0 bridgehead atoms. The van der Waals surface area contributed by atoms with Crippen LogP contribution in [0.25, 0.3) is 11.5 Å². The van der Waals surface area contributed by atoms with Crippen LogP contribution in [0.4, 0.5) is 0 Å². The Morgan fingerprint density at radius 2 is 1.94 bits per heavy atom. The second kappa shape index (κ2) is 4.84. The van der Waals surface area contributed by atoms with Gasteiger partial charge >= 0.3 is 0 Å². The minimum atomic E-state index is 0.414. The van der Waals surface area contributed by atoms with Crippen molar-refractivity contribution in [3.8, 4) is 11.5 Å². The van der Waals surface area contributed by atoms with Crippen molar-refractivity contribution < 1.29 is 0 Å². The zero-order chi connectivity index (χ0) is 12.4. The number of aryl methyl sites for hydroxylation is 3. The monoisotopic (exact) mass is 250 g/mol. The molecule has 0 spiro atoms. The summed E-state index contributed by atoms with van der Waals surface area (Å²) in [5, 5.41) is 0.414. The predicted octanol–water partition coefficient (Wildman–Crippen LogP) is 3.02. The maximum absolute atomic E-state index is 6.14. The number of hydrogen-bond acceptors (Lipinski definition) is 3. The van der Waals surface area contributed by atoms with E-state index in [-0.39, 0.29) is 0 Å². The van der Waals surface area contributed by atoms with Gasteiger partial charge in [0.15, 0.2) is 11.0 Å². The van der Waals surface area contributed by atoms with Gasteiger partial charge in [0.05, 0.1) is 11.4 Å². The highest BCUT2D eigenvalue weighted by Gasteiger charge is 2.14. The zero-order valence-corrected chi connectivity index (χ0v) is 11.0. The molecule has 5 heteroatoms. The average Bonchev–Trinajstić information content (AvgIpc) is 2.72. The third-order valence-electron chi connectivity index (χ3n) is 2.66. The molecule has 2 aromatic rings. The highest BCUT2D eigenvalue weighted by Crippen LogP contribution is 2.24. The molecule has 4 nitrogen and oxygen atoms in total. The summed E-state index contributed by atoms with van der Waals surface area (Å²) in [5.74, 6) is 0.785. The Bertz CT molecular complexity index is 533. The Labute approximate surface area is 106 Å². The highest BCUT2D eigenvalue weighted by molar-refractivity contribution is 6.31. The number of rotatable bonds is 3. The Hall–Kier alpha value is -1.42. The Balaban J connectivity index is 2.52. The van der Waals surface area contributed by atoms with Gasteiger partial charge in [-0.1, -0.05) is 18.5 Å². The molecule has 2 heterocycles. The lowest BCUT2D eigenvalue weighted by Crippen LogP contribution is -2.03. The molecule has 0 aromatic carbocycles. The van der Waals surface area contributed by atoms with Gasteiger partial charge in [0, 0.05) is 18.9 Å². The first-order chi connectivity index (χ1) is 8.13. The Morgan fingerprint density at radius 3 is 2.65 bits per heavy atom. The van der Waals surface area contributed by atoms with Crippen LogP contribution in [0.1, 0.15) is 24.7 Å². The van der Waals surface area contributed by atoms with Crippen LogP contribution in [0.15, 0.2) is 12.4 Å². The number of imidazole rings is 1. The Kier molecular flexibility index (Phi) is 3.43. The molecule has 17 heavy (non-hydrogen) atoms. The molecule has 0 unspecified atom stereocenters. The van der Waals surface area contributed by atoms with Gasteiger partial charge in [-0.25, -0.2) is 15.0 Å². The van der Waals surface area contributed by atoms with Gasteiger partial charge in [0.1, 0.15) is 5.69 Å². The quantitative estimate of drug-likeness (QED) is 0.841. The van der Waals surface area contributed by atoms with Crippen LogP contribution in [0.5, 0.6) is 0 Å². The molecule has 0 amide bonds. The third kappa shape index (κ3) is 2.31. The molecule has 0 fully saturated rings. The molecular formula is C12H15ClN4.